The molecule has 1 unspecified atom stereocenters. The van der Waals surface area contributed by atoms with E-state index in [1.165, 1.54) is 12.1 Å². The predicted molar refractivity (Wildman–Crippen MR) is 53.2 cm³/mol. The first-order valence-electron chi connectivity index (χ1n) is 4.92. The summed E-state index contributed by atoms with van der Waals surface area (Å²) in [6.45, 7) is 1.67. The van der Waals surface area contributed by atoms with Crippen molar-refractivity contribution >= 4 is 0 Å². The first kappa shape index (κ1) is 12.8. The maximum absolute atomic E-state index is 12.2. The molecule has 90 valence electrons. The Morgan fingerprint density at radius 1 is 1.25 bits per heavy atom. The fraction of sp³-hybridized carbons (Fsp3) is 0.455. The van der Waals surface area contributed by atoms with Crippen LogP contribution in [0.5, 0.6) is 5.75 Å². The maximum atomic E-state index is 12.2. The molecule has 0 aromatic heterocycles. The summed E-state index contributed by atoms with van der Waals surface area (Å²) in [4.78, 5) is 0. The first-order chi connectivity index (χ1) is 7.47. The van der Waals surface area contributed by atoms with Gasteiger partial charge in [-0.1, -0.05) is 6.92 Å². The molecule has 16 heavy (non-hydrogen) atoms. The summed E-state index contributed by atoms with van der Waals surface area (Å²) < 4.78 is 42.0. The molecule has 0 aliphatic heterocycles. The highest BCUT2D eigenvalue weighted by Gasteiger charge is 2.30. The van der Waals surface area contributed by atoms with Gasteiger partial charge in [0, 0.05) is 0 Å². The number of aliphatic hydroxyl groups is 1. The second-order valence-electron chi connectivity index (χ2n) is 3.35. The van der Waals surface area contributed by atoms with E-state index in [1.54, 1.807) is 0 Å². The topological polar surface area (TPSA) is 29.5 Å². The maximum Gasteiger partial charge on any atom is 0.416 e. The molecule has 0 bridgehead atoms. The summed E-state index contributed by atoms with van der Waals surface area (Å²) in [7, 11) is 0. The quantitative estimate of drug-likeness (QED) is 0.868. The minimum atomic E-state index is -4.33. The number of aliphatic hydroxyl groups excluding tert-OH is 1. The minimum Gasteiger partial charge on any atom is -0.488 e. The Kier molecular flexibility index (Phi) is 4.18. The predicted octanol–water partition coefficient (Wildman–Crippen LogP) is 2.86. The van der Waals surface area contributed by atoms with Gasteiger partial charge in [-0.15, -0.1) is 0 Å². The van der Waals surface area contributed by atoms with E-state index in [2.05, 4.69) is 0 Å². The minimum absolute atomic E-state index is 0.155. The van der Waals surface area contributed by atoms with Gasteiger partial charge >= 0.3 is 6.18 Å². The van der Waals surface area contributed by atoms with Crippen LogP contribution in [0.1, 0.15) is 18.9 Å². The third-order valence-corrected chi connectivity index (χ3v) is 2.14. The van der Waals surface area contributed by atoms with E-state index < -0.39 is 11.7 Å². The van der Waals surface area contributed by atoms with Crippen molar-refractivity contribution in [3.05, 3.63) is 29.8 Å². The molecule has 5 heteroatoms. The van der Waals surface area contributed by atoms with Crippen LogP contribution in [0, 0.1) is 0 Å². The van der Waals surface area contributed by atoms with E-state index in [-0.39, 0.29) is 12.7 Å². The zero-order valence-corrected chi connectivity index (χ0v) is 8.79. The lowest BCUT2D eigenvalue weighted by Gasteiger charge is -2.15. The highest BCUT2D eigenvalue weighted by molar-refractivity contribution is 5.29. The Bertz CT molecular complexity index is 315. The Labute approximate surface area is 91.7 Å². The summed E-state index contributed by atoms with van der Waals surface area (Å²) >= 11 is 0. The number of benzene rings is 1. The van der Waals surface area contributed by atoms with Gasteiger partial charge in [-0.05, 0) is 30.7 Å². The molecule has 1 aromatic rings. The largest absolute Gasteiger partial charge is 0.488 e. The van der Waals surface area contributed by atoms with Gasteiger partial charge in [-0.25, -0.2) is 0 Å². The number of halogens is 3. The molecule has 0 saturated carbocycles. The number of hydrogen-bond acceptors (Lipinski definition) is 2. The van der Waals surface area contributed by atoms with Gasteiger partial charge in [-0.3, -0.25) is 0 Å². The van der Waals surface area contributed by atoms with E-state index in [9.17, 15) is 13.2 Å². The molecule has 0 fully saturated rings. The van der Waals surface area contributed by atoms with Crippen LogP contribution < -0.4 is 4.74 Å². The lowest BCUT2D eigenvalue weighted by molar-refractivity contribution is -0.137. The van der Waals surface area contributed by atoms with Crippen molar-refractivity contribution in [1.29, 1.82) is 0 Å². The van der Waals surface area contributed by atoms with Crippen LogP contribution in [0.15, 0.2) is 24.3 Å². The third-order valence-electron chi connectivity index (χ3n) is 2.14. The zero-order chi connectivity index (χ0) is 12.2. The van der Waals surface area contributed by atoms with Crippen molar-refractivity contribution in [3.63, 3.8) is 0 Å². The molecule has 0 amide bonds. The monoisotopic (exact) mass is 234 g/mol. The van der Waals surface area contributed by atoms with Gasteiger partial charge in [0.2, 0.25) is 0 Å². The van der Waals surface area contributed by atoms with Crippen molar-refractivity contribution in [2.24, 2.45) is 0 Å². The molecule has 1 N–H and O–H groups in total. The van der Waals surface area contributed by atoms with Gasteiger partial charge in [-0.2, -0.15) is 13.2 Å². The van der Waals surface area contributed by atoms with Crippen molar-refractivity contribution in [1.82, 2.24) is 0 Å². The average Bonchev–Trinajstić information content (AvgIpc) is 2.25. The van der Waals surface area contributed by atoms with Crippen LogP contribution in [-0.2, 0) is 6.18 Å². The number of ether oxygens (including phenoxy) is 1. The van der Waals surface area contributed by atoms with Gasteiger partial charge in [0.1, 0.15) is 11.9 Å². The lowest BCUT2D eigenvalue weighted by Crippen LogP contribution is -2.19. The number of alkyl halides is 3. The second kappa shape index (κ2) is 5.21. The van der Waals surface area contributed by atoms with Crippen LogP contribution in [-0.4, -0.2) is 17.8 Å². The van der Waals surface area contributed by atoms with E-state index in [4.69, 9.17) is 9.84 Å². The normalized spacial score (nSPS) is 13.6. The van der Waals surface area contributed by atoms with Crippen LogP contribution in [0.25, 0.3) is 0 Å². The molecule has 0 saturated heterocycles. The Morgan fingerprint density at radius 2 is 1.81 bits per heavy atom. The van der Waals surface area contributed by atoms with Gasteiger partial charge in [0.25, 0.3) is 0 Å². The summed E-state index contributed by atoms with van der Waals surface area (Å²) in [5, 5.41) is 8.87. The van der Waals surface area contributed by atoms with Crippen LogP contribution in [0.2, 0.25) is 0 Å². The average molecular weight is 234 g/mol. The summed E-state index contributed by atoms with van der Waals surface area (Å²) in [5.41, 5.74) is -0.711. The molecule has 1 aromatic carbocycles. The van der Waals surface area contributed by atoms with E-state index in [1.807, 2.05) is 6.92 Å². The number of hydrogen-bond donors (Lipinski definition) is 1. The SMILES string of the molecule is CCC(CO)Oc1ccc(C(F)(F)F)cc1. The van der Waals surface area contributed by atoms with Crippen molar-refractivity contribution in [2.45, 2.75) is 25.6 Å². The fourth-order valence-corrected chi connectivity index (χ4v) is 1.16. The molecule has 1 atom stereocenters. The molecule has 0 heterocycles. The highest BCUT2D eigenvalue weighted by atomic mass is 19.4. The Balaban J connectivity index is 2.72. The van der Waals surface area contributed by atoms with Gasteiger partial charge < -0.3 is 9.84 Å². The highest BCUT2D eigenvalue weighted by Crippen LogP contribution is 2.30. The molecule has 2 nitrogen and oxygen atoms in total. The smallest absolute Gasteiger partial charge is 0.416 e. The fourth-order valence-electron chi connectivity index (χ4n) is 1.16. The lowest BCUT2D eigenvalue weighted by atomic mass is 10.2. The van der Waals surface area contributed by atoms with Gasteiger partial charge in [0.05, 0.1) is 12.2 Å². The molecular formula is C11H13F3O2. The first-order valence-corrected chi connectivity index (χ1v) is 4.92. The molecular weight excluding hydrogens is 221 g/mol. The third kappa shape index (κ3) is 3.41. The Morgan fingerprint density at radius 3 is 2.19 bits per heavy atom. The molecule has 0 aliphatic rings. The van der Waals surface area contributed by atoms with Crippen LogP contribution in [0.4, 0.5) is 13.2 Å². The Hall–Kier alpha value is -1.23. The van der Waals surface area contributed by atoms with Crippen molar-refractivity contribution < 1.29 is 23.0 Å². The molecule has 0 spiro atoms. The zero-order valence-electron chi connectivity index (χ0n) is 8.79. The second-order valence-corrected chi connectivity index (χ2v) is 3.35. The summed E-state index contributed by atoms with van der Waals surface area (Å²) in [6.07, 6.45) is -4.12. The van der Waals surface area contributed by atoms with Gasteiger partial charge in [0.15, 0.2) is 0 Å². The van der Waals surface area contributed by atoms with Crippen molar-refractivity contribution in [2.75, 3.05) is 6.61 Å². The van der Waals surface area contributed by atoms with Crippen molar-refractivity contribution in [3.8, 4) is 5.75 Å². The molecule has 0 radical (unpaired) electrons. The van der Waals surface area contributed by atoms with Crippen LogP contribution >= 0.6 is 0 Å². The molecule has 0 aliphatic carbocycles. The standard InChI is InChI=1S/C11H13F3O2/c1-2-9(7-15)16-10-5-3-8(4-6-10)11(12,13)14/h3-6,9,15H,2,7H2,1H3. The summed E-state index contributed by atoms with van der Waals surface area (Å²) in [6, 6.07) is 4.42. The van der Waals surface area contributed by atoms with E-state index in [0.717, 1.165) is 12.1 Å². The van der Waals surface area contributed by atoms with Crippen LogP contribution in [0.3, 0.4) is 0 Å². The number of rotatable bonds is 4. The van der Waals surface area contributed by atoms with E-state index in [0.29, 0.717) is 12.2 Å². The molecule has 1 rings (SSSR count). The summed E-state index contributed by atoms with van der Waals surface area (Å²) in [5.74, 6) is 0.328. The van der Waals surface area contributed by atoms with E-state index >= 15 is 0 Å².